The van der Waals surface area contributed by atoms with Crippen LogP contribution in [0.2, 0.25) is 0 Å². The normalized spacial score (nSPS) is 33.9. The lowest BCUT2D eigenvalue weighted by molar-refractivity contribution is -0.169. The summed E-state index contributed by atoms with van der Waals surface area (Å²) in [6.07, 6.45) is 3.55. The van der Waals surface area contributed by atoms with Gasteiger partial charge in [-0.05, 0) is 63.1 Å². The van der Waals surface area contributed by atoms with Crippen LogP contribution < -0.4 is 4.90 Å². The second-order valence-electron chi connectivity index (χ2n) is 9.84. The summed E-state index contributed by atoms with van der Waals surface area (Å²) in [5.41, 5.74) is 1.78. The number of benzene rings is 2. The molecule has 2 aromatic rings. The largest absolute Gasteiger partial charge is 0.388 e. The molecule has 1 N–H and O–H groups in total. The smallest absolute Gasteiger partial charge is 0.135 e. The van der Waals surface area contributed by atoms with E-state index in [9.17, 15) is 14.7 Å². The fourth-order valence-corrected chi connectivity index (χ4v) is 7.07. The zero-order chi connectivity index (χ0) is 21.8. The number of ketones is 2. The van der Waals surface area contributed by atoms with Crippen molar-refractivity contribution in [3.05, 3.63) is 65.7 Å². The molecule has 2 fully saturated rings. The number of rotatable bonds is 4. The molecule has 4 heteroatoms. The fourth-order valence-electron chi connectivity index (χ4n) is 7.07. The lowest BCUT2D eigenvalue weighted by atomic mass is 9.47. The molecule has 31 heavy (non-hydrogen) atoms. The first-order chi connectivity index (χ1) is 14.9. The van der Waals surface area contributed by atoms with E-state index in [2.05, 4.69) is 47.4 Å². The number of para-hydroxylation sites is 1. The summed E-state index contributed by atoms with van der Waals surface area (Å²) in [5, 5.41) is 12.4. The predicted octanol–water partition coefficient (Wildman–Crippen LogP) is 4.43. The Morgan fingerprint density at radius 3 is 2.45 bits per heavy atom. The molecule has 0 bridgehead atoms. The van der Waals surface area contributed by atoms with Crippen molar-refractivity contribution in [1.82, 2.24) is 0 Å². The Labute approximate surface area is 184 Å². The molecule has 0 saturated heterocycles. The molecule has 1 aliphatic heterocycles. The Morgan fingerprint density at radius 1 is 1.03 bits per heavy atom. The van der Waals surface area contributed by atoms with Crippen LogP contribution in [0.3, 0.4) is 0 Å². The summed E-state index contributed by atoms with van der Waals surface area (Å²) in [6, 6.07) is 18.9. The van der Waals surface area contributed by atoms with E-state index >= 15 is 0 Å². The Balaban J connectivity index is 1.70. The average Bonchev–Trinajstić information content (AvgIpc) is 3.02. The maximum atomic E-state index is 12.8. The van der Waals surface area contributed by atoms with Crippen molar-refractivity contribution in [3.63, 3.8) is 0 Å². The topological polar surface area (TPSA) is 57.6 Å². The third-order valence-electron chi connectivity index (χ3n) is 8.37. The van der Waals surface area contributed by atoms with Gasteiger partial charge < -0.3 is 10.0 Å². The molecule has 162 valence electrons. The maximum Gasteiger partial charge on any atom is 0.135 e. The number of nitrogens with zero attached hydrogens (tertiary/aromatic N) is 1. The highest BCUT2D eigenvalue weighted by molar-refractivity contribution is 5.85. The summed E-state index contributed by atoms with van der Waals surface area (Å²) in [7, 11) is 0. The van der Waals surface area contributed by atoms with Gasteiger partial charge in [0.25, 0.3) is 0 Å². The monoisotopic (exact) mass is 417 g/mol. The van der Waals surface area contributed by atoms with Gasteiger partial charge in [-0.1, -0.05) is 48.5 Å². The molecule has 1 spiro atoms. The molecular formula is C27H31NO3. The number of fused-ring (bicyclic) bond motifs is 1. The van der Waals surface area contributed by atoms with Crippen molar-refractivity contribution in [3.8, 4) is 0 Å². The van der Waals surface area contributed by atoms with Crippen LogP contribution >= 0.6 is 0 Å². The first kappa shape index (κ1) is 20.4. The summed E-state index contributed by atoms with van der Waals surface area (Å²) in [6.45, 7) is 3.99. The molecule has 5 rings (SSSR count). The van der Waals surface area contributed by atoms with Crippen LogP contribution in [-0.4, -0.2) is 28.3 Å². The van der Waals surface area contributed by atoms with E-state index in [1.165, 1.54) is 5.56 Å². The zero-order valence-corrected chi connectivity index (χ0v) is 18.4. The van der Waals surface area contributed by atoms with Gasteiger partial charge in [-0.25, -0.2) is 0 Å². The average molecular weight is 418 g/mol. The van der Waals surface area contributed by atoms with E-state index in [4.69, 9.17) is 0 Å². The van der Waals surface area contributed by atoms with Crippen molar-refractivity contribution in [2.24, 2.45) is 11.8 Å². The van der Waals surface area contributed by atoms with Crippen LogP contribution in [0.15, 0.2) is 54.6 Å². The van der Waals surface area contributed by atoms with Crippen molar-refractivity contribution in [1.29, 1.82) is 0 Å². The molecule has 0 radical (unpaired) electrons. The standard InChI is InChI=1S/C27H31NO3/c1-18(29)21-15-23(19(2)30)27(31)14-8-13-25-26(27,16-21)22-11-6-7-12-24(22)28(25)17-20-9-4-3-5-10-20/h3-7,9-12,21,23,25,31H,8,13-17H2,1-2H3/t21-,23-,25+,26+,27+/m0/s1. The van der Waals surface area contributed by atoms with E-state index in [1.807, 2.05) is 12.1 Å². The molecule has 1 heterocycles. The lowest BCUT2D eigenvalue weighted by Gasteiger charge is -2.60. The van der Waals surface area contributed by atoms with E-state index in [0.717, 1.165) is 30.6 Å². The number of aliphatic hydroxyl groups is 1. The van der Waals surface area contributed by atoms with Crippen molar-refractivity contribution >= 4 is 17.3 Å². The number of carbonyl (C=O) groups excluding carboxylic acids is 2. The summed E-state index contributed by atoms with van der Waals surface area (Å²) < 4.78 is 0. The Hall–Kier alpha value is -2.46. The molecule has 2 aromatic carbocycles. The van der Waals surface area contributed by atoms with Crippen molar-refractivity contribution < 1.29 is 14.7 Å². The number of Topliss-reactive ketones (excluding diaryl/α,β-unsaturated/α-hetero) is 2. The van der Waals surface area contributed by atoms with Gasteiger partial charge in [0.15, 0.2) is 0 Å². The third kappa shape index (κ3) is 2.84. The van der Waals surface area contributed by atoms with Gasteiger partial charge in [0.2, 0.25) is 0 Å². The Morgan fingerprint density at radius 2 is 1.74 bits per heavy atom. The lowest BCUT2D eigenvalue weighted by Crippen LogP contribution is -2.69. The molecule has 2 saturated carbocycles. The van der Waals surface area contributed by atoms with Gasteiger partial charge >= 0.3 is 0 Å². The highest BCUT2D eigenvalue weighted by Gasteiger charge is 2.69. The van der Waals surface area contributed by atoms with Crippen LogP contribution in [0.25, 0.3) is 0 Å². The van der Waals surface area contributed by atoms with E-state index in [0.29, 0.717) is 19.3 Å². The molecule has 4 nitrogen and oxygen atoms in total. The zero-order valence-electron chi connectivity index (χ0n) is 18.4. The highest BCUT2D eigenvalue weighted by atomic mass is 16.3. The number of anilines is 1. The third-order valence-corrected chi connectivity index (χ3v) is 8.37. The van der Waals surface area contributed by atoms with Crippen LogP contribution in [0.5, 0.6) is 0 Å². The Bertz CT molecular complexity index is 1020. The maximum absolute atomic E-state index is 12.8. The van der Waals surface area contributed by atoms with Crippen LogP contribution in [0, 0.1) is 11.8 Å². The van der Waals surface area contributed by atoms with Crippen molar-refractivity contribution in [2.75, 3.05) is 4.90 Å². The number of carbonyl (C=O) groups is 2. The van der Waals surface area contributed by atoms with Gasteiger partial charge in [-0.2, -0.15) is 0 Å². The first-order valence-electron chi connectivity index (χ1n) is 11.5. The fraction of sp³-hybridized carbons (Fsp3) is 0.481. The molecule has 0 amide bonds. The van der Waals surface area contributed by atoms with Crippen LogP contribution in [0.1, 0.15) is 57.1 Å². The molecule has 0 unspecified atom stereocenters. The second-order valence-corrected chi connectivity index (χ2v) is 9.84. The molecule has 3 aliphatic rings. The highest BCUT2D eigenvalue weighted by Crippen LogP contribution is 2.64. The molecule has 0 aromatic heterocycles. The minimum Gasteiger partial charge on any atom is -0.388 e. The summed E-state index contributed by atoms with van der Waals surface area (Å²) in [5.74, 6) is -0.555. The SMILES string of the molecule is CC(=O)[C@H]1C[C@@H](C(C)=O)[C@]2(O)CCC[C@H]3N(Cc4ccccc4)c4ccccc4[C@]32C1. The van der Waals surface area contributed by atoms with E-state index < -0.39 is 16.9 Å². The van der Waals surface area contributed by atoms with Crippen LogP contribution in [0.4, 0.5) is 5.69 Å². The van der Waals surface area contributed by atoms with Gasteiger partial charge in [-0.3, -0.25) is 9.59 Å². The molecular weight excluding hydrogens is 386 g/mol. The number of hydrogen-bond acceptors (Lipinski definition) is 4. The van der Waals surface area contributed by atoms with Gasteiger partial charge in [0.1, 0.15) is 11.6 Å². The first-order valence-corrected chi connectivity index (χ1v) is 11.5. The minimum absolute atomic E-state index is 0.00691. The van der Waals surface area contributed by atoms with Crippen LogP contribution in [-0.2, 0) is 21.5 Å². The summed E-state index contributed by atoms with van der Waals surface area (Å²) in [4.78, 5) is 27.9. The molecule has 5 atom stereocenters. The predicted molar refractivity (Wildman–Crippen MR) is 121 cm³/mol. The summed E-state index contributed by atoms with van der Waals surface area (Å²) >= 11 is 0. The Kier molecular flexibility index (Phi) is 4.82. The van der Waals surface area contributed by atoms with Crippen molar-refractivity contribution in [2.45, 2.75) is 69.6 Å². The van der Waals surface area contributed by atoms with E-state index in [1.54, 1.807) is 13.8 Å². The van der Waals surface area contributed by atoms with Gasteiger partial charge in [-0.15, -0.1) is 0 Å². The molecule has 2 aliphatic carbocycles. The van der Waals surface area contributed by atoms with Gasteiger partial charge in [0, 0.05) is 35.5 Å². The second kappa shape index (κ2) is 7.30. The van der Waals surface area contributed by atoms with E-state index in [-0.39, 0.29) is 23.5 Å². The quantitative estimate of drug-likeness (QED) is 0.799. The number of hydrogen-bond donors (Lipinski definition) is 1. The van der Waals surface area contributed by atoms with Gasteiger partial charge in [0.05, 0.1) is 5.60 Å². The minimum atomic E-state index is -1.12.